The van der Waals surface area contributed by atoms with Crippen molar-refractivity contribution < 1.29 is 22.7 Å². The summed E-state index contributed by atoms with van der Waals surface area (Å²) in [4.78, 5) is 23.7. The predicted octanol–water partition coefficient (Wildman–Crippen LogP) is 1.47. The zero-order valence-corrected chi connectivity index (χ0v) is 14.6. The number of imide groups is 1. The van der Waals surface area contributed by atoms with Crippen molar-refractivity contribution in [3.8, 4) is 5.75 Å². The van der Waals surface area contributed by atoms with E-state index in [1.807, 2.05) is 0 Å². The van der Waals surface area contributed by atoms with Gasteiger partial charge in [0.05, 0.1) is 19.1 Å². The molecule has 3 amide bonds. The van der Waals surface area contributed by atoms with E-state index in [0.717, 1.165) is 0 Å². The number of ether oxygens (including phenoxy) is 1. The summed E-state index contributed by atoms with van der Waals surface area (Å²) in [7, 11) is 0.464. The van der Waals surface area contributed by atoms with E-state index >= 15 is 0 Å². The Morgan fingerprint density at radius 2 is 1.83 bits per heavy atom. The van der Waals surface area contributed by atoms with Crippen LogP contribution in [-0.2, 0) is 15.3 Å². The van der Waals surface area contributed by atoms with Crippen molar-refractivity contribution in [3.63, 3.8) is 0 Å². The molecule has 1 rings (SSSR count). The summed E-state index contributed by atoms with van der Waals surface area (Å²) in [5, 5.41) is 4.57. The van der Waals surface area contributed by atoms with Crippen LogP contribution in [0.3, 0.4) is 0 Å². The maximum Gasteiger partial charge on any atom is 0.321 e. The lowest BCUT2D eigenvalue weighted by Gasteiger charge is -2.17. The smallest absolute Gasteiger partial charge is 0.321 e. The van der Waals surface area contributed by atoms with Crippen LogP contribution in [0.2, 0.25) is 0 Å². The van der Waals surface area contributed by atoms with Gasteiger partial charge in [-0.15, -0.1) is 0 Å². The largest absolute Gasteiger partial charge is 0.497 e. The fourth-order valence-corrected chi connectivity index (χ4v) is 2.55. The van der Waals surface area contributed by atoms with Crippen molar-refractivity contribution in [1.82, 2.24) is 10.6 Å². The van der Waals surface area contributed by atoms with Gasteiger partial charge in [0.25, 0.3) is 0 Å². The molecule has 132 valence electrons. The summed E-state index contributed by atoms with van der Waals surface area (Å²) in [5.74, 6) is -0.421. The van der Waals surface area contributed by atoms with Gasteiger partial charge in [-0.1, -0.05) is 12.1 Å². The maximum absolute atomic E-state index is 12.3. The Morgan fingerprint density at radius 3 is 2.33 bits per heavy atom. The Hall–Kier alpha value is -2.42. The highest BCUT2D eigenvalue weighted by Crippen LogP contribution is 2.25. The molecular weight excluding hydrogens is 334 g/mol. The second-order valence-electron chi connectivity index (χ2n) is 5.14. The Labute approximate surface area is 142 Å². The summed E-state index contributed by atoms with van der Waals surface area (Å²) in [6, 6.07) is 5.86. The summed E-state index contributed by atoms with van der Waals surface area (Å²) in [6.07, 6.45) is 0.725. The lowest BCUT2D eigenvalue weighted by atomic mass is 9.92. The van der Waals surface area contributed by atoms with Gasteiger partial charge in [-0.05, 0) is 37.5 Å². The molecule has 2 unspecified atom stereocenters. The van der Waals surface area contributed by atoms with Gasteiger partial charge in [0, 0.05) is 7.05 Å². The highest BCUT2D eigenvalue weighted by molar-refractivity contribution is 7.61. The molecule has 0 aromatic heterocycles. The fourth-order valence-electron chi connectivity index (χ4n) is 2.15. The van der Waals surface area contributed by atoms with Gasteiger partial charge < -0.3 is 10.1 Å². The average Bonchev–Trinajstić information content (AvgIpc) is 2.54. The number of carbonyl (C=O) groups excluding carboxylic acids is 2. The highest BCUT2D eigenvalue weighted by atomic mass is 32.2. The minimum atomic E-state index is -2.49. The lowest BCUT2D eigenvalue weighted by Crippen LogP contribution is -2.40. The Kier molecular flexibility index (Phi) is 7.90. The summed E-state index contributed by atoms with van der Waals surface area (Å²) >= 11 is 0. The molecular formula is C15H21N3O5S. The second kappa shape index (κ2) is 9.66. The van der Waals surface area contributed by atoms with Gasteiger partial charge in [-0.2, -0.15) is 12.8 Å². The van der Waals surface area contributed by atoms with Crippen molar-refractivity contribution in [1.29, 1.82) is 0 Å². The molecule has 0 aliphatic rings. The number of benzene rings is 1. The maximum atomic E-state index is 12.3. The first-order valence-corrected chi connectivity index (χ1v) is 8.37. The van der Waals surface area contributed by atoms with E-state index in [2.05, 4.69) is 15.0 Å². The molecule has 1 aromatic carbocycles. The SMILES string of the molecule is CNC(=O)NC(=O)C(CCC(C)N=S(=O)=O)c1ccc(OC)cc1. The molecule has 0 bridgehead atoms. The first-order valence-electron chi connectivity index (χ1n) is 7.34. The number of nitrogens with one attached hydrogen (secondary N) is 2. The van der Waals surface area contributed by atoms with E-state index in [-0.39, 0.29) is 0 Å². The molecule has 0 heterocycles. The second-order valence-corrected chi connectivity index (χ2v) is 5.79. The molecule has 24 heavy (non-hydrogen) atoms. The molecule has 0 saturated carbocycles. The number of carbonyl (C=O) groups is 2. The van der Waals surface area contributed by atoms with E-state index < -0.39 is 34.4 Å². The van der Waals surface area contributed by atoms with Gasteiger partial charge >= 0.3 is 16.5 Å². The Bertz CT molecular complexity index is 692. The predicted molar refractivity (Wildman–Crippen MR) is 88.4 cm³/mol. The molecule has 2 N–H and O–H groups in total. The topological polar surface area (TPSA) is 114 Å². The summed E-state index contributed by atoms with van der Waals surface area (Å²) in [6.45, 7) is 1.65. The van der Waals surface area contributed by atoms with Gasteiger partial charge in [-0.3, -0.25) is 10.1 Å². The van der Waals surface area contributed by atoms with E-state index in [9.17, 15) is 18.0 Å². The number of hydrogen-bond acceptors (Lipinski definition) is 6. The molecule has 0 fully saturated rings. The summed E-state index contributed by atoms with van der Waals surface area (Å²) in [5.41, 5.74) is 0.702. The Morgan fingerprint density at radius 1 is 1.21 bits per heavy atom. The number of rotatable bonds is 7. The van der Waals surface area contributed by atoms with Crippen LogP contribution in [0, 0.1) is 0 Å². The fraction of sp³-hybridized carbons (Fsp3) is 0.467. The van der Waals surface area contributed by atoms with E-state index in [1.54, 1.807) is 31.2 Å². The number of hydrogen-bond donors (Lipinski definition) is 2. The van der Waals surface area contributed by atoms with E-state index in [0.29, 0.717) is 24.2 Å². The minimum Gasteiger partial charge on any atom is -0.497 e. The van der Waals surface area contributed by atoms with Crippen LogP contribution in [0.5, 0.6) is 5.75 Å². The van der Waals surface area contributed by atoms with Crippen LogP contribution >= 0.6 is 0 Å². The van der Waals surface area contributed by atoms with Crippen molar-refractivity contribution in [2.75, 3.05) is 14.2 Å². The van der Waals surface area contributed by atoms with Crippen molar-refractivity contribution >= 4 is 22.4 Å². The van der Waals surface area contributed by atoms with Crippen LogP contribution < -0.4 is 15.4 Å². The van der Waals surface area contributed by atoms with Crippen LogP contribution in [-0.4, -0.2) is 40.6 Å². The molecule has 0 saturated heterocycles. The molecule has 0 aliphatic carbocycles. The molecule has 0 spiro atoms. The van der Waals surface area contributed by atoms with Gasteiger partial charge in [0.1, 0.15) is 5.75 Å². The summed E-state index contributed by atoms with van der Waals surface area (Å²) < 4.78 is 29.8. The normalized spacial score (nSPS) is 12.6. The van der Waals surface area contributed by atoms with Gasteiger partial charge in [0.15, 0.2) is 0 Å². The van der Waals surface area contributed by atoms with Crippen LogP contribution in [0.4, 0.5) is 4.79 Å². The number of nitrogens with zero attached hydrogens (tertiary/aromatic N) is 1. The number of methoxy groups -OCH3 is 1. The number of amides is 3. The van der Waals surface area contributed by atoms with E-state index in [4.69, 9.17) is 4.74 Å². The van der Waals surface area contributed by atoms with Crippen molar-refractivity contribution in [2.45, 2.75) is 31.7 Å². The zero-order valence-electron chi connectivity index (χ0n) is 13.8. The standard InChI is InChI=1S/C15H21N3O5S/c1-10(18-24(21)22)4-9-13(14(19)17-15(20)16-2)11-5-7-12(23-3)8-6-11/h5-8,10,13H,4,9H2,1-3H3,(H2,16,17,19,20). The molecule has 9 heteroatoms. The molecule has 0 aliphatic heterocycles. The minimum absolute atomic E-state index is 0.344. The van der Waals surface area contributed by atoms with Crippen molar-refractivity contribution in [3.05, 3.63) is 29.8 Å². The van der Waals surface area contributed by atoms with Gasteiger partial charge in [-0.25, -0.2) is 4.79 Å². The van der Waals surface area contributed by atoms with Gasteiger partial charge in [0.2, 0.25) is 5.91 Å². The molecule has 1 aromatic rings. The molecule has 2 atom stereocenters. The average molecular weight is 355 g/mol. The lowest BCUT2D eigenvalue weighted by molar-refractivity contribution is -0.121. The van der Waals surface area contributed by atoms with Crippen LogP contribution in [0.15, 0.2) is 28.6 Å². The van der Waals surface area contributed by atoms with Crippen LogP contribution in [0.25, 0.3) is 0 Å². The van der Waals surface area contributed by atoms with Crippen LogP contribution in [0.1, 0.15) is 31.2 Å². The van der Waals surface area contributed by atoms with E-state index in [1.165, 1.54) is 14.2 Å². The Balaban J connectivity index is 2.94. The zero-order chi connectivity index (χ0) is 18.1. The van der Waals surface area contributed by atoms with Crippen molar-refractivity contribution in [2.24, 2.45) is 4.36 Å². The first kappa shape index (κ1) is 19.6. The third kappa shape index (κ3) is 6.37. The third-order valence-corrected chi connectivity index (χ3v) is 3.97. The number of urea groups is 1. The third-order valence-electron chi connectivity index (χ3n) is 3.44. The highest BCUT2D eigenvalue weighted by Gasteiger charge is 2.23. The quantitative estimate of drug-likeness (QED) is 0.769. The monoisotopic (exact) mass is 355 g/mol. The molecule has 8 nitrogen and oxygen atoms in total. The molecule has 0 radical (unpaired) electrons. The first-order chi connectivity index (χ1) is 11.4.